The fraction of sp³-hybridized carbons (Fsp3) is 0.875. The van der Waals surface area contributed by atoms with Gasteiger partial charge in [-0.15, -0.1) is 0 Å². The lowest BCUT2D eigenvalue weighted by Crippen LogP contribution is -2.39. The van der Waals surface area contributed by atoms with Crippen LogP contribution in [-0.2, 0) is 4.79 Å². The van der Waals surface area contributed by atoms with Crippen molar-refractivity contribution in [2.75, 3.05) is 19.8 Å². The topological polar surface area (TPSA) is 95.6 Å². The second-order valence-electron chi connectivity index (χ2n) is 2.88. The van der Waals surface area contributed by atoms with Crippen LogP contribution in [0.4, 0.5) is 0 Å². The Morgan fingerprint density at radius 1 is 1.31 bits per heavy atom. The van der Waals surface area contributed by atoms with Crippen LogP contribution in [0.3, 0.4) is 0 Å². The molecular weight excluding hydrogens is 172 g/mol. The van der Waals surface area contributed by atoms with Gasteiger partial charge in [-0.05, 0) is 19.4 Å². The molecule has 0 radical (unpaired) electrons. The zero-order valence-corrected chi connectivity index (χ0v) is 7.70. The van der Waals surface area contributed by atoms with Crippen molar-refractivity contribution in [2.45, 2.75) is 25.3 Å². The van der Waals surface area contributed by atoms with E-state index in [0.717, 1.165) is 12.8 Å². The standard InChI is InChI=1S/C8H18N2O3/c9-4-2-1-3-8(13)10-7(5-11)6-12/h7,11-12H,1-6,9H2,(H,10,13). The molecule has 0 saturated heterocycles. The number of hydrogen-bond donors (Lipinski definition) is 4. The lowest BCUT2D eigenvalue weighted by Gasteiger charge is -2.12. The summed E-state index contributed by atoms with van der Waals surface area (Å²) in [5.41, 5.74) is 5.26. The quantitative estimate of drug-likeness (QED) is 0.371. The Morgan fingerprint density at radius 3 is 2.38 bits per heavy atom. The summed E-state index contributed by atoms with van der Waals surface area (Å²) in [6.45, 7) is 0.106. The van der Waals surface area contributed by atoms with Gasteiger partial charge < -0.3 is 21.3 Å². The summed E-state index contributed by atoms with van der Waals surface area (Å²) in [6.07, 6.45) is 1.95. The summed E-state index contributed by atoms with van der Waals surface area (Å²) in [4.78, 5) is 11.1. The number of nitrogens with one attached hydrogen (secondary N) is 1. The molecule has 0 aromatic rings. The van der Waals surface area contributed by atoms with Gasteiger partial charge >= 0.3 is 0 Å². The number of amides is 1. The maximum atomic E-state index is 11.1. The number of aliphatic hydroxyl groups is 2. The lowest BCUT2D eigenvalue weighted by molar-refractivity contribution is -0.122. The predicted molar refractivity (Wildman–Crippen MR) is 49.0 cm³/mol. The first-order chi connectivity index (χ1) is 6.24. The minimum absolute atomic E-state index is 0.151. The maximum Gasteiger partial charge on any atom is 0.220 e. The van der Waals surface area contributed by atoms with Gasteiger partial charge in [0, 0.05) is 6.42 Å². The van der Waals surface area contributed by atoms with Crippen molar-refractivity contribution in [3.05, 3.63) is 0 Å². The van der Waals surface area contributed by atoms with E-state index in [2.05, 4.69) is 5.32 Å². The van der Waals surface area contributed by atoms with Gasteiger partial charge in [-0.25, -0.2) is 0 Å². The van der Waals surface area contributed by atoms with Crippen molar-refractivity contribution >= 4 is 5.91 Å². The third-order valence-electron chi connectivity index (χ3n) is 1.66. The smallest absolute Gasteiger partial charge is 0.220 e. The highest BCUT2D eigenvalue weighted by molar-refractivity contribution is 5.76. The Labute approximate surface area is 77.9 Å². The maximum absolute atomic E-state index is 11.1. The molecule has 0 spiro atoms. The van der Waals surface area contributed by atoms with Crippen LogP contribution in [-0.4, -0.2) is 41.9 Å². The molecular formula is C8H18N2O3. The van der Waals surface area contributed by atoms with E-state index in [4.69, 9.17) is 15.9 Å². The minimum atomic E-state index is -0.537. The average molecular weight is 190 g/mol. The summed E-state index contributed by atoms with van der Waals surface area (Å²) in [6, 6.07) is -0.537. The molecule has 0 aliphatic heterocycles. The summed E-state index contributed by atoms with van der Waals surface area (Å²) >= 11 is 0. The average Bonchev–Trinajstić information content (AvgIpc) is 2.14. The van der Waals surface area contributed by atoms with E-state index < -0.39 is 6.04 Å². The minimum Gasteiger partial charge on any atom is -0.394 e. The molecule has 5 N–H and O–H groups in total. The van der Waals surface area contributed by atoms with Crippen molar-refractivity contribution in [3.63, 3.8) is 0 Å². The Balaban J connectivity index is 3.48. The summed E-state index contributed by atoms with van der Waals surface area (Å²) in [7, 11) is 0. The van der Waals surface area contributed by atoms with Crippen LogP contribution >= 0.6 is 0 Å². The van der Waals surface area contributed by atoms with Crippen LogP contribution in [0.15, 0.2) is 0 Å². The van der Waals surface area contributed by atoms with Crippen LogP contribution < -0.4 is 11.1 Å². The number of carbonyl (C=O) groups excluding carboxylic acids is 1. The first kappa shape index (κ1) is 12.3. The zero-order valence-electron chi connectivity index (χ0n) is 7.70. The number of rotatable bonds is 7. The van der Waals surface area contributed by atoms with Crippen LogP contribution in [0.1, 0.15) is 19.3 Å². The molecule has 5 heteroatoms. The highest BCUT2D eigenvalue weighted by Gasteiger charge is 2.08. The summed E-state index contributed by atoms with van der Waals surface area (Å²) < 4.78 is 0. The fourth-order valence-electron chi connectivity index (χ4n) is 0.879. The molecule has 0 fully saturated rings. The molecule has 0 aromatic carbocycles. The summed E-state index contributed by atoms with van der Waals surface area (Å²) in [5, 5.41) is 19.8. The van der Waals surface area contributed by atoms with Gasteiger partial charge in [0.05, 0.1) is 19.3 Å². The molecule has 0 heterocycles. The monoisotopic (exact) mass is 190 g/mol. The fourth-order valence-corrected chi connectivity index (χ4v) is 0.879. The SMILES string of the molecule is NCCCCC(=O)NC(CO)CO. The Morgan fingerprint density at radius 2 is 1.92 bits per heavy atom. The van der Waals surface area contributed by atoms with Crippen molar-refractivity contribution in [1.82, 2.24) is 5.32 Å². The van der Waals surface area contributed by atoms with E-state index in [0.29, 0.717) is 13.0 Å². The molecule has 0 aromatic heterocycles. The van der Waals surface area contributed by atoms with Gasteiger partial charge in [-0.2, -0.15) is 0 Å². The van der Waals surface area contributed by atoms with Crippen LogP contribution in [0.2, 0.25) is 0 Å². The molecule has 0 bridgehead atoms. The van der Waals surface area contributed by atoms with Gasteiger partial charge in [0.1, 0.15) is 0 Å². The third kappa shape index (κ3) is 6.51. The van der Waals surface area contributed by atoms with E-state index in [-0.39, 0.29) is 19.1 Å². The normalized spacial score (nSPS) is 10.5. The predicted octanol–water partition coefficient (Wildman–Crippen LogP) is -1.42. The van der Waals surface area contributed by atoms with Gasteiger partial charge in [0.25, 0.3) is 0 Å². The van der Waals surface area contributed by atoms with E-state index in [1.165, 1.54) is 0 Å². The number of aliphatic hydroxyl groups excluding tert-OH is 2. The molecule has 0 saturated carbocycles. The molecule has 78 valence electrons. The number of unbranched alkanes of at least 4 members (excludes halogenated alkanes) is 1. The van der Waals surface area contributed by atoms with Gasteiger partial charge in [-0.3, -0.25) is 4.79 Å². The largest absolute Gasteiger partial charge is 0.394 e. The van der Waals surface area contributed by atoms with Gasteiger partial charge in [0.15, 0.2) is 0 Å². The second kappa shape index (κ2) is 7.97. The van der Waals surface area contributed by atoms with Gasteiger partial charge in [-0.1, -0.05) is 0 Å². The molecule has 0 rings (SSSR count). The van der Waals surface area contributed by atoms with Crippen molar-refractivity contribution in [2.24, 2.45) is 5.73 Å². The Kier molecular flexibility index (Phi) is 7.57. The molecule has 5 nitrogen and oxygen atoms in total. The number of hydrogen-bond acceptors (Lipinski definition) is 4. The molecule has 0 atom stereocenters. The highest BCUT2D eigenvalue weighted by atomic mass is 16.3. The summed E-state index contributed by atoms with van der Waals surface area (Å²) in [5.74, 6) is -0.151. The Hall–Kier alpha value is -0.650. The van der Waals surface area contributed by atoms with E-state index in [9.17, 15) is 4.79 Å². The van der Waals surface area contributed by atoms with Gasteiger partial charge in [0.2, 0.25) is 5.91 Å². The second-order valence-corrected chi connectivity index (χ2v) is 2.88. The zero-order chi connectivity index (χ0) is 10.1. The number of nitrogens with two attached hydrogens (primary N) is 1. The lowest BCUT2D eigenvalue weighted by atomic mass is 10.2. The van der Waals surface area contributed by atoms with Crippen molar-refractivity contribution in [1.29, 1.82) is 0 Å². The van der Waals surface area contributed by atoms with E-state index in [1.54, 1.807) is 0 Å². The first-order valence-electron chi connectivity index (χ1n) is 4.45. The molecule has 0 unspecified atom stereocenters. The van der Waals surface area contributed by atoms with E-state index in [1.807, 2.05) is 0 Å². The van der Waals surface area contributed by atoms with Crippen molar-refractivity contribution < 1.29 is 15.0 Å². The molecule has 0 aliphatic rings. The number of carbonyl (C=O) groups is 1. The molecule has 1 amide bonds. The van der Waals surface area contributed by atoms with E-state index >= 15 is 0 Å². The third-order valence-corrected chi connectivity index (χ3v) is 1.66. The van der Waals surface area contributed by atoms with Crippen LogP contribution in [0.25, 0.3) is 0 Å². The van der Waals surface area contributed by atoms with Crippen LogP contribution in [0.5, 0.6) is 0 Å². The van der Waals surface area contributed by atoms with Crippen LogP contribution in [0, 0.1) is 0 Å². The van der Waals surface area contributed by atoms with Crippen molar-refractivity contribution in [3.8, 4) is 0 Å². The Bertz CT molecular complexity index is 137. The first-order valence-corrected chi connectivity index (χ1v) is 4.45. The molecule has 13 heavy (non-hydrogen) atoms. The highest BCUT2D eigenvalue weighted by Crippen LogP contribution is 1.93. The molecule has 0 aliphatic carbocycles.